The number of para-hydroxylation sites is 1. The molecule has 0 bridgehead atoms. The summed E-state index contributed by atoms with van der Waals surface area (Å²) in [6, 6.07) is 6.43. The van der Waals surface area contributed by atoms with E-state index in [9.17, 15) is 22.8 Å². The van der Waals surface area contributed by atoms with Gasteiger partial charge in [0.25, 0.3) is 5.91 Å². The quantitative estimate of drug-likeness (QED) is 0.886. The summed E-state index contributed by atoms with van der Waals surface area (Å²) < 4.78 is 42.0. The molecule has 6 nitrogen and oxygen atoms in total. The summed E-state index contributed by atoms with van der Waals surface area (Å²) in [5, 5.41) is 13.0. The normalized spacial score (nSPS) is 17.8. The maximum atomic E-state index is 13.8. The van der Waals surface area contributed by atoms with Crippen LogP contribution in [0.15, 0.2) is 30.5 Å². The van der Waals surface area contributed by atoms with Gasteiger partial charge in [0.05, 0.1) is 23.4 Å². The molecule has 3 rings (SSSR count). The SMILES string of the molecule is Cc1ccccc1-n1ncc(C(=O)N2CCCC(C(=O)O)C2)c1C(F)(F)F. The zero-order valence-electron chi connectivity index (χ0n) is 14.5. The van der Waals surface area contributed by atoms with Crippen LogP contribution in [0.2, 0.25) is 0 Å². The van der Waals surface area contributed by atoms with E-state index in [1.807, 2.05) is 0 Å². The van der Waals surface area contributed by atoms with E-state index in [0.717, 1.165) is 15.8 Å². The van der Waals surface area contributed by atoms with Crippen LogP contribution in [0.25, 0.3) is 5.69 Å². The highest BCUT2D eigenvalue weighted by Crippen LogP contribution is 2.35. The van der Waals surface area contributed by atoms with E-state index in [1.165, 1.54) is 6.07 Å². The standard InChI is InChI=1S/C18H18F3N3O3/c1-11-5-2-3-7-14(11)24-15(18(19,20)21)13(9-22-24)16(25)23-8-4-6-12(10-23)17(26)27/h2-3,5,7,9,12H,4,6,8,10H2,1H3,(H,26,27). The highest BCUT2D eigenvalue weighted by molar-refractivity contribution is 5.96. The van der Waals surface area contributed by atoms with Crippen LogP contribution in [-0.4, -0.2) is 44.8 Å². The second-order valence-electron chi connectivity index (χ2n) is 6.53. The number of carbonyl (C=O) groups is 2. The van der Waals surface area contributed by atoms with Crippen molar-refractivity contribution in [1.82, 2.24) is 14.7 Å². The summed E-state index contributed by atoms with van der Waals surface area (Å²) in [4.78, 5) is 25.1. The Morgan fingerprint density at radius 1 is 1.26 bits per heavy atom. The van der Waals surface area contributed by atoms with Crippen LogP contribution in [0, 0.1) is 12.8 Å². The average molecular weight is 381 g/mol. The monoisotopic (exact) mass is 381 g/mol. The Hall–Kier alpha value is -2.84. The maximum absolute atomic E-state index is 13.8. The zero-order chi connectivity index (χ0) is 19.8. The molecule has 2 aromatic rings. The first-order chi connectivity index (χ1) is 12.7. The third-order valence-electron chi connectivity index (χ3n) is 4.67. The molecule has 0 saturated carbocycles. The molecule has 1 saturated heterocycles. The molecular weight excluding hydrogens is 363 g/mol. The van der Waals surface area contributed by atoms with E-state index in [2.05, 4.69) is 5.10 Å². The molecule has 1 aliphatic heterocycles. The van der Waals surface area contributed by atoms with Gasteiger partial charge in [0.15, 0.2) is 5.69 Å². The molecule has 2 heterocycles. The van der Waals surface area contributed by atoms with E-state index < -0.39 is 35.2 Å². The number of likely N-dealkylation sites (tertiary alicyclic amines) is 1. The molecule has 1 atom stereocenters. The molecule has 0 aliphatic carbocycles. The lowest BCUT2D eigenvalue weighted by Gasteiger charge is -2.30. The minimum absolute atomic E-state index is 0.110. The van der Waals surface area contributed by atoms with E-state index in [1.54, 1.807) is 25.1 Å². The second-order valence-corrected chi connectivity index (χ2v) is 6.53. The highest BCUT2D eigenvalue weighted by atomic mass is 19.4. The van der Waals surface area contributed by atoms with Crippen molar-refractivity contribution in [3.8, 4) is 5.69 Å². The number of aromatic nitrogens is 2. The predicted octanol–water partition coefficient (Wildman–Crippen LogP) is 3.14. The van der Waals surface area contributed by atoms with Crippen LogP contribution in [0.3, 0.4) is 0 Å². The van der Waals surface area contributed by atoms with Gasteiger partial charge < -0.3 is 10.0 Å². The molecule has 144 valence electrons. The van der Waals surface area contributed by atoms with Gasteiger partial charge in [-0.2, -0.15) is 18.3 Å². The second kappa shape index (κ2) is 7.05. The number of carbonyl (C=O) groups excluding carboxylic acids is 1. The Morgan fingerprint density at radius 3 is 2.59 bits per heavy atom. The van der Waals surface area contributed by atoms with Crippen molar-refractivity contribution in [3.63, 3.8) is 0 Å². The van der Waals surface area contributed by atoms with Crippen molar-refractivity contribution in [1.29, 1.82) is 0 Å². The number of hydrogen-bond donors (Lipinski definition) is 1. The number of benzene rings is 1. The largest absolute Gasteiger partial charge is 0.481 e. The Bertz CT molecular complexity index is 876. The molecule has 1 amide bonds. The van der Waals surface area contributed by atoms with Crippen molar-refractivity contribution in [3.05, 3.63) is 47.3 Å². The van der Waals surface area contributed by atoms with Gasteiger partial charge in [-0.15, -0.1) is 0 Å². The van der Waals surface area contributed by atoms with Crippen molar-refractivity contribution in [2.75, 3.05) is 13.1 Å². The molecule has 0 spiro atoms. The third kappa shape index (κ3) is 3.67. The van der Waals surface area contributed by atoms with E-state index >= 15 is 0 Å². The minimum atomic E-state index is -4.80. The first-order valence-corrected chi connectivity index (χ1v) is 8.43. The first-order valence-electron chi connectivity index (χ1n) is 8.43. The Kier molecular flexibility index (Phi) is 4.95. The first kappa shape index (κ1) is 18.9. The van der Waals surface area contributed by atoms with Crippen molar-refractivity contribution in [2.24, 2.45) is 5.92 Å². The smallest absolute Gasteiger partial charge is 0.434 e. The fourth-order valence-corrected chi connectivity index (χ4v) is 3.29. The number of carboxylic acids is 1. The summed E-state index contributed by atoms with van der Waals surface area (Å²) >= 11 is 0. The lowest BCUT2D eigenvalue weighted by Crippen LogP contribution is -2.42. The number of alkyl halides is 3. The summed E-state index contributed by atoms with van der Waals surface area (Å²) in [7, 11) is 0. The van der Waals surface area contributed by atoms with Crippen molar-refractivity contribution >= 4 is 11.9 Å². The van der Waals surface area contributed by atoms with Crippen LogP contribution in [0.5, 0.6) is 0 Å². The minimum Gasteiger partial charge on any atom is -0.481 e. The molecule has 0 radical (unpaired) electrons. The van der Waals surface area contributed by atoms with Gasteiger partial charge in [0.1, 0.15) is 0 Å². The van der Waals surface area contributed by atoms with Crippen LogP contribution >= 0.6 is 0 Å². The number of carboxylic acid groups (broad SMARTS) is 1. The maximum Gasteiger partial charge on any atom is 0.434 e. The van der Waals surface area contributed by atoms with Gasteiger partial charge in [0, 0.05) is 13.1 Å². The average Bonchev–Trinajstić information content (AvgIpc) is 3.06. The lowest BCUT2D eigenvalue weighted by molar-refractivity contribution is -0.144. The van der Waals surface area contributed by atoms with E-state index in [-0.39, 0.29) is 18.8 Å². The van der Waals surface area contributed by atoms with Gasteiger partial charge >= 0.3 is 12.1 Å². The molecule has 1 aliphatic rings. The Morgan fingerprint density at radius 2 is 1.96 bits per heavy atom. The molecule has 1 unspecified atom stereocenters. The molecule has 1 N–H and O–H groups in total. The summed E-state index contributed by atoms with van der Waals surface area (Å²) in [5.41, 5.74) is -0.920. The van der Waals surface area contributed by atoms with Crippen molar-refractivity contribution < 1.29 is 27.9 Å². The number of hydrogen-bond acceptors (Lipinski definition) is 3. The molecule has 1 aromatic heterocycles. The zero-order valence-corrected chi connectivity index (χ0v) is 14.5. The van der Waals surface area contributed by atoms with Gasteiger partial charge in [0.2, 0.25) is 0 Å². The topological polar surface area (TPSA) is 75.4 Å². The number of halogens is 3. The number of nitrogens with zero attached hydrogens (tertiary/aromatic N) is 3. The molecular formula is C18H18F3N3O3. The molecule has 1 fully saturated rings. The Labute approximate surface area is 153 Å². The molecule has 1 aromatic carbocycles. The van der Waals surface area contributed by atoms with E-state index in [4.69, 9.17) is 5.11 Å². The van der Waals surface area contributed by atoms with Crippen LogP contribution in [0.4, 0.5) is 13.2 Å². The van der Waals surface area contributed by atoms with Gasteiger partial charge in [-0.3, -0.25) is 9.59 Å². The van der Waals surface area contributed by atoms with Crippen LogP contribution in [0.1, 0.15) is 34.5 Å². The summed E-state index contributed by atoms with van der Waals surface area (Å²) in [5.74, 6) is -2.68. The van der Waals surface area contributed by atoms with Gasteiger partial charge in [-0.25, -0.2) is 4.68 Å². The number of piperidine rings is 1. The number of rotatable bonds is 3. The van der Waals surface area contributed by atoms with E-state index in [0.29, 0.717) is 18.4 Å². The predicted molar refractivity (Wildman–Crippen MR) is 89.6 cm³/mol. The third-order valence-corrected chi connectivity index (χ3v) is 4.67. The molecule has 9 heteroatoms. The summed E-state index contributed by atoms with van der Waals surface area (Å²) in [6.07, 6.45) is -3.07. The lowest BCUT2D eigenvalue weighted by atomic mass is 9.97. The van der Waals surface area contributed by atoms with Crippen LogP contribution in [-0.2, 0) is 11.0 Å². The van der Waals surface area contributed by atoms with Gasteiger partial charge in [-0.1, -0.05) is 18.2 Å². The number of amides is 1. The number of aliphatic carboxylic acids is 1. The fraction of sp³-hybridized carbons (Fsp3) is 0.389. The molecule has 27 heavy (non-hydrogen) atoms. The number of aryl methyl sites for hydroxylation is 1. The fourth-order valence-electron chi connectivity index (χ4n) is 3.29. The van der Waals surface area contributed by atoms with Crippen molar-refractivity contribution in [2.45, 2.75) is 25.9 Å². The highest BCUT2D eigenvalue weighted by Gasteiger charge is 2.42. The summed E-state index contributed by atoms with van der Waals surface area (Å²) in [6.45, 7) is 1.76. The van der Waals surface area contributed by atoms with Gasteiger partial charge in [-0.05, 0) is 31.4 Å². The Balaban J connectivity index is 2.02. The van der Waals surface area contributed by atoms with Crippen LogP contribution < -0.4 is 0 Å².